The summed E-state index contributed by atoms with van der Waals surface area (Å²) in [7, 11) is 0. The first-order chi connectivity index (χ1) is 15.0. The highest BCUT2D eigenvalue weighted by Crippen LogP contribution is 2.31. The third-order valence-corrected chi connectivity index (χ3v) is 5.21. The highest BCUT2D eigenvalue weighted by Gasteiger charge is 2.27. The van der Waals surface area contributed by atoms with Crippen molar-refractivity contribution in [2.45, 2.75) is 19.1 Å². The number of fused-ring (bicyclic) bond motifs is 1. The predicted octanol–water partition coefficient (Wildman–Crippen LogP) is 4.55. The van der Waals surface area contributed by atoms with Crippen LogP contribution in [0.2, 0.25) is 5.02 Å². The van der Waals surface area contributed by atoms with Crippen LogP contribution in [0.15, 0.2) is 72.8 Å². The molecule has 2 N–H and O–H groups in total. The number of hydrogen-bond acceptors (Lipinski definition) is 4. The van der Waals surface area contributed by atoms with E-state index in [2.05, 4.69) is 10.6 Å². The third-order valence-electron chi connectivity index (χ3n) is 4.96. The molecular formula is C24H21ClN2O4. The maximum Gasteiger partial charge on any atom is 0.255 e. The van der Waals surface area contributed by atoms with E-state index in [1.54, 1.807) is 48.5 Å². The summed E-state index contributed by atoms with van der Waals surface area (Å²) in [6.07, 6.45) is -0.295. The lowest BCUT2D eigenvalue weighted by atomic mass is 10.1. The fraction of sp³-hybridized carbons (Fsp3) is 0.167. The molecule has 0 saturated heterocycles. The molecular weight excluding hydrogens is 416 g/mol. The van der Waals surface area contributed by atoms with Crippen LogP contribution in [0.5, 0.6) is 11.5 Å². The molecule has 1 aliphatic rings. The first kappa shape index (κ1) is 20.8. The number of rotatable bonds is 5. The van der Waals surface area contributed by atoms with Gasteiger partial charge in [0.05, 0.1) is 6.04 Å². The van der Waals surface area contributed by atoms with Crippen LogP contribution in [0.4, 0.5) is 5.69 Å². The molecule has 0 radical (unpaired) electrons. The number of hydrogen-bond donors (Lipinski definition) is 2. The van der Waals surface area contributed by atoms with Crippen molar-refractivity contribution in [3.8, 4) is 11.5 Å². The molecule has 0 aromatic heterocycles. The van der Waals surface area contributed by atoms with E-state index in [1.165, 1.54) is 0 Å². The number of carbonyl (C=O) groups excluding carboxylic acids is 2. The normalized spacial score (nSPS) is 15.6. The molecule has 3 aromatic rings. The predicted molar refractivity (Wildman–Crippen MR) is 119 cm³/mol. The van der Waals surface area contributed by atoms with Gasteiger partial charge < -0.3 is 20.1 Å². The van der Waals surface area contributed by atoms with Gasteiger partial charge in [-0.25, -0.2) is 0 Å². The molecule has 158 valence electrons. The third kappa shape index (κ3) is 4.98. The lowest BCUT2D eigenvalue weighted by molar-refractivity contribution is 0.0606. The zero-order valence-electron chi connectivity index (χ0n) is 16.8. The van der Waals surface area contributed by atoms with Gasteiger partial charge in [-0.05, 0) is 67.6 Å². The lowest BCUT2D eigenvalue weighted by Crippen LogP contribution is -2.48. The van der Waals surface area contributed by atoms with E-state index >= 15 is 0 Å². The Hall–Kier alpha value is -3.51. The number of amides is 2. The molecule has 0 saturated carbocycles. The quantitative estimate of drug-likeness (QED) is 0.615. The van der Waals surface area contributed by atoms with Crippen molar-refractivity contribution >= 4 is 29.1 Å². The molecule has 2 atom stereocenters. The van der Waals surface area contributed by atoms with Crippen LogP contribution in [0, 0.1) is 0 Å². The highest BCUT2D eigenvalue weighted by atomic mass is 35.5. The summed E-state index contributed by atoms with van der Waals surface area (Å²) in [5.74, 6) is 0.886. The molecule has 7 heteroatoms. The number of ether oxygens (including phenoxy) is 2. The van der Waals surface area contributed by atoms with Gasteiger partial charge in [-0.2, -0.15) is 0 Å². The van der Waals surface area contributed by atoms with E-state index in [4.69, 9.17) is 21.1 Å². The van der Waals surface area contributed by atoms with Crippen molar-refractivity contribution in [1.29, 1.82) is 0 Å². The Kier molecular flexibility index (Phi) is 6.09. The molecule has 1 aliphatic heterocycles. The van der Waals surface area contributed by atoms with Crippen LogP contribution in [0.3, 0.4) is 0 Å². The molecule has 0 fully saturated rings. The van der Waals surface area contributed by atoms with Gasteiger partial charge >= 0.3 is 0 Å². The van der Waals surface area contributed by atoms with Crippen LogP contribution in [0.1, 0.15) is 27.6 Å². The smallest absolute Gasteiger partial charge is 0.255 e. The molecule has 0 aliphatic carbocycles. The topological polar surface area (TPSA) is 76.7 Å². The van der Waals surface area contributed by atoms with E-state index in [0.717, 1.165) is 0 Å². The fourth-order valence-corrected chi connectivity index (χ4v) is 3.30. The van der Waals surface area contributed by atoms with E-state index in [-0.39, 0.29) is 24.0 Å². The van der Waals surface area contributed by atoms with Crippen LogP contribution >= 0.6 is 11.6 Å². The zero-order valence-corrected chi connectivity index (χ0v) is 17.6. The number of halogens is 1. The number of nitrogens with one attached hydrogen (secondary N) is 2. The minimum atomic E-state index is -0.295. The second kappa shape index (κ2) is 9.10. The standard InChI is InChI=1S/C24H21ClN2O4/c1-15(22-14-30-20-4-2-3-5-21(20)31-22)26-23(28)17-8-12-19(13-9-17)27-24(29)16-6-10-18(25)11-7-16/h2-13,15,22H,14H2,1H3,(H,26,28)(H,27,29). The van der Waals surface area contributed by atoms with Crippen LogP contribution < -0.4 is 20.1 Å². The van der Waals surface area contributed by atoms with Gasteiger partial charge in [-0.1, -0.05) is 23.7 Å². The zero-order chi connectivity index (χ0) is 21.8. The Balaban J connectivity index is 1.34. The summed E-state index contributed by atoms with van der Waals surface area (Å²) in [6.45, 7) is 2.23. The molecule has 3 aromatic carbocycles. The van der Waals surface area contributed by atoms with Gasteiger partial charge in [0.1, 0.15) is 6.61 Å². The SMILES string of the molecule is CC(NC(=O)c1ccc(NC(=O)c2ccc(Cl)cc2)cc1)C1COc2ccccc2O1. The molecule has 6 nitrogen and oxygen atoms in total. The first-order valence-electron chi connectivity index (χ1n) is 9.86. The average Bonchev–Trinajstić information content (AvgIpc) is 2.79. The molecule has 2 amide bonds. The summed E-state index contributed by atoms with van der Waals surface area (Å²) in [4.78, 5) is 24.9. The van der Waals surface area contributed by atoms with E-state index < -0.39 is 0 Å². The van der Waals surface area contributed by atoms with Gasteiger partial charge in [0, 0.05) is 21.8 Å². The van der Waals surface area contributed by atoms with Crippen molar-refractivity contribution in [2.24, 2.45) is 0 Å². The summed E-state index contributed by atoms with van der Waals surface area (Å²) < 4.78 is 11.7. The van der Waals surface area contributed by atoms with Crippen LogP contribution in [0.25, 0.3) is 0 Å². The summed E-state index contributed by atoms with van der Waals surface area (Å²) >= 11 is 5.85. The van der Waals surface area contributed by atoms with Crippen molar-refractivity contribution < 1.29 is 19.1 Å². The number of carbonyl (C=O) groups is 2. The van der Waals surface area contributed by atoms with E-state index in [1.807, 2.05) is 31.2 Å². The Morgan fingerprint density at radius 3 is 2.23 bits per heavy atom. The molecule has 4 rings (SSSR count). The molecule has 0 bridgehead atoms. The van der Waals surface area contributed by atoms with Crippen molar-refractivity contribution in [1.82, 2.24) is 5.32 Å². The molecule has 1 heterocycles. The van der Waals surface area contributed by atoms with Gasteiger partial charge in [0.15, 0.2) is 17.6 Å². The number of benzene rings is 3. The van der Waals surface area contributed by atoms with Crippen molar-refractivity contribution in [2.75, 3.05) is 11.9 Å². The average molecular weight is 437 g/mol. The van der Waals surface area contributed by atoms with Crippen LogP contribution in [-0.4, -0.2) is 30.6 Å². The lowest BCUT2D eigenvalue weighted by Gasteiger charge is -2.30. The van der Waals surface area contributed by atoms with Gasteiger partial charge in [-0.15, -0.1) is 0 Å². The highest BCUT2D eigenvalue weighted by molar-refractivity contribution is 6.30. The minimum absolute atomic E-state index is 0.231. The van der Waals surface area contributed by atoms with E-state index in [9.17, 15) is 9.59 Å². The number of para-hydroxylation sites is 2. The Morgan fingerprint density at radius 1 is 0.903 bits per heavy atom. The summed E-state index contributed by atoms with van der Waals surface area (Å²) in [6, 6.07) is 20.5. The van der Waals surface area contributed by atoms with E-state index in [0.29, 0.717) is 39.9 Å². The molecule has 2 unspecified atom stereocenters. The van der Waals surface area contributed by atoms with Gasteiger partial charge in [0.25, 0.3) is 11.8 Å². The largest absolute Gasteiger partial charge is 0.486 e. The summed E-state index contributed by atoms with van der Waals surface area (Å²) in [5.41, 5.74) is 1.56. The summed E-state index contributed by atoms with van der Waals surface area (Å²) in [5, 5.41) is 6.31. The first-order valence-corrected chi connectivity index (χ1v) is 10.2. The monoisotopic (exact) mass is 436 g/mol. The minimum Gasteiger partial charge on any atom is -0.486 e. The molecule has 31 heavy (non-hydrogen) atoms. The molecule has 0 spiro atoms. The second-order valence-corrected chi connectivity index (χ2v) is 7.65. The van der Waals surface area contributed by atoms with Crippen LogP contribution in [-0.2, 0) is 0 Å². The van der Waals surface area contributed by atoms with Gasteiger partial charge in [-0.3, -0.25) is 9.59 Å². The van der Waals surface area contributed by atoms with Gasteiger partial charge in [0.2, 0.25) is 0 Å². The fourth-order valence-electron chi connectivity index (χ4n) is 3.17. The van der Waals surface area contributed by atoms with Crippen molar-refractivity contribution in [3.05, 3.63) is 88.9 Å². The maximum absolute atomic E-state index is 12.6. The maximum atomic E-state index is 12.6. The Morgan fingerprint density at radius 2 is 1.52 bits per heavy atom. The number of anilines is 1. The Labute approximate surface area is 185 Å². The Bertz CT molecular complexity index is 1080. The van der Waals surface area contributed by atoms with Crippen molar-refractivity contribution in [3.63, 3.8) is 0 Å². The second-order valence-electron chi connectivity index (χ2n) is 7.21.